The maximum Gasteiger partial charge on any atom is 0.267 e. The highest BCUT2D eigenvalue weighted by Gasteiger charge is 2.25. The van der Waals surface area contributed by atoms with E-state index in [1.165, 1.54) is 36.8 Å². The van der Waals surface area contributed by atoms with Gasteiger partial charge in [0, 0.05) is 48.9 Å². The van der Waals surface area contributed by atoms with E-state index in [-0.39, 0.29) is 27.8 Å². The summed E-state index contributed by atoms with van der Waals surface area (Å²) in [6, 6.07) is 6.11. The third-order valence-corrected chi connectivity index (χ3v) is 7.65. The van der Waals surface area contributed by atoms with Crippen molar-refractivity contribution in [3.05, 3.63) is 66.9 Å². The molecule has 0 aliphatic carbocycles. The average molecular weight is 581 g/mol. The highest BCUT2D eigenvalue weighted by atomic mass is 35.5. The van der Waals surface area contributed by atoms with E-state index in [1.54, 1.807) is 12.1 Å². The van der Waals surface area contributed by atoms with Gasteiger partial charge in [-0.3, -0.25) is 14.6 Å². The Bertz CT molecular complexity index is 1340. The molecule has 0 spiro atoms. The summed E-state index contributed by atoms with van der Waals surface area (Å²) in [5.41, 5.74) is 1.10. The van der Waals surface area contributed by atoms with Crippen molar-refractivity contribution in [2.45, 2.75) is 26.3 Å². The summed E-state index contributed by atoms with van der Waals surface area (Å²) in [6.07, 6.45) is 3.39. The zero-order chi connectivity index (χ0) is 26.5. The lowest BCUT2D eigenvalue weighted by molar-refractivity contribution is 0.102. The van der Waals surface area contributed by atoms with E-state index in [0.717, 1.165) is 37.3 Å². The molecule has 1 saturated heterocycles. The van der Waals surface area contributed by atoms with Crippen molar-refractivity contribution < 1.29 is 14.3 Å². The van der Waals surface area contributed by atoms with Crippen LogP contribution < -0.4 is 15.4 Å². The van der Waals surface area contributed by atoms with E-state index in [0.29, 0.717) is 21.5 Å². The van der Waals surface area contributed by atoms with Gasteiger partial charge in [-0.15, -0.1) is 11.3 Å². The van der Waals surface area contributed by atoms with Crippen LogP contribution in [0.25, 0.3) is 0 Å². The zero-order valence-electron chi connectivity index (χ0n) is 20.1. The van der Waals surface area contributed by atoms with Gasteiger partial charge in [0.15, 0.2) is 0 Å². The summed E-state index contributed by atoms with van der Waals surface area (Å²) in [5, 5.41) is 8.40. The van der Waals surface area contributed by atoms with Crippen LogP contribution in [0.3, 0.4) is 0 Å². The van der Waals surface area contributed by atoms with Crippen LogP contribution >= 0.6 is 46.1 Å². The number of hydrogen-bond donors (Lipinski definition) is 2. The molecule has 2 amide bonds. The second-order valence-electron chi connectivity index (χ2n) is 8.12. The van der Waals surface area contributed by atoms with Gasteiger partial charge in [-0.1, -0.05) is 34.8 Å². The van der Waals surface area contributed by atoms with Crippen molar-refractivity contribution in [1.82, 2.24) is 9.88 Å². The Morgan fingerprint density at radius 2 is 1.97 bits per heavy atom. The van der Waals surface area contributed by atoms with Gasteiger partial charge < -0.3 is 20.3 Å². The normalized spacial score (nSPS) is 14.2. The highest BCUT2D eigenvalue weighted by molar-refractivity contribution is 7.13. The largest absolute Gasteiger partial charge is 0.494 e. The summed E-state index contributed by atoms with van der Waals surface area (Å²) >= 11 is 20.0. The standard InChI is InChI=1S/C25H24Cl3N5O3S/c1-3-29-20-5-4-8-33(20)12-14-13-37-23(21(14)28)25(35)32-22-17(9-16(27)10-18(22)36-2)24(34)31-19-7-6-15(26)11-30-19/h6-7,9-11,13H,3-5,8,12H2,1-2H3,(H,32,35)(H,30,31,34)/b29-20-. The fourth-order valence-electron chi connectivity index (χ4n) is 3.95. The van der Waals surface area contributed by atoms with Crippen LogP contribution in [-0.4, -0.2) is 47.7 Å². The molecule has 37 heavy (non-hydrogen) atoms. The predicted molar refractivity (Wildman–Crippen MR) is 150 cm³/mol. The average Bonchev–Trinajstić information content (AvgIpc) is 3.47. The summed E-state index contributed by atoms with van der Waals surface area (Å²) in [4.78, 5) is 37.6. The Morgan fingerprint density at radius 1 is 1.16 bits per heavy atom. The molecule has 3 aromatic rings. The van der Waals surface area contributed by atoms with Gasteiger partial charge in [-0.05, 0) is 36.9 Å². The first kappa shape index (κ1) is 27.2. The number of thiophene rings is 1. The summed E-state index contributed by atoms with van der Waals surface area (Å²) in [7, 11) is 1.42. The van der Waals surface area contributed by atoms with Crippen molar-refractivity contribution in [2.24, 2.45) is 4.99 Å². The van der Waals surface area contributed by atoms with Crippen LogP contribution in [0.4, 0.5) is 11.5 Å². The molecule has 3 heterocycles. The molecule has 0 atom stereocenters. The number of aliphatic imine (C=N–C) groups is 1. The minimum Gasteiger partial charge on any atom is -0.494 e. The van der Waals surface area contributed by atoms with Crippen molar-refractivity contribution in [3.63, 3.8) is 0 Å². The summed E-state index contributed by atoms with van der Waals surface area (Å²) in [6.45, 7) is 4.21. The smallest absolute Gasteiger partial charge is 0.267 e. The molecule has 194 valence electrons. The molecule has 1 aliphatic heterocycles. The number of nitrogens with zero attached hydrogens (tertiary/aromatic N) is 3. The molecular weight excluding hydrogens is 557 g/mol. The number of benzene rings is 1. The van der Waals surface area contributed by atoms with Gasteiger partial charge in [0.1, 0.15) is 16.4 Å². The van der Waals surface area contributed by atoms with Crippen LogP contribution in [-0.2, 0) is 6.54 Å². The summed E-state index contributed by atoms with van der Waals surface area (Å²) in [5.74, 6) is 0.558. The number of halogens is 3. The number of ether oxygens (including phenoxy) is 1. The first-order chi connectivity index (χ1) is 17.8. The van der Waals surface area contributed by atoms with Crippen molar-refractivity contribution in [2.75, 3.05) is 30.8 Å². The number of amidine groups is 1. The van der Waals surface area contributed by atoms with Crippen molar-refractivity contribution in [1.29, 1.82) is 0 Å². The van der Waals surface area contributed by atoms with Crippen LogP contribution in [0.15, 0.2) is 40.8 Å². The SMILES string of the molecule is CC/N=C1/CCCN1Cc1csc(C(=O)Nc2c(OC)cc(Cl)cc2C(=O)Nc2ccc(Cl)cn2)c1Cl. The number of anilines is 2. The lowest BCUT2D eigenvalue weighted by Crippen LogP contribution is -2.24. The Balaban J connectivity index is 1.58. The Kier molecular flexibility index (Phi) is 8.91. The number of hydrogen-bond acceptors (Lipinski definition) is 6. The Hall–Kier alpha value is -2.85. The third kappa shape index (κ3) is 6.35. The molecule has 2 N–H and O–H groups in total. The predicted octanol–water partition coefficient (Wildman–Crippen LogP) is 6.63. The van der Waals surface area contributed by atoms with E-state index >= 15 is 0 Å². The minimum absolute atomic E-state index is 0.0971. The van der Waals surface area contributed by atoms with Gasteiger partial charge in [-0.25, -0.2) is 4.98 Å². The van der Waals surface area contributed by atoms with Crippen LogP contribution in [0, 0.1) is 0 Å². The number of carbonyl (C=O) groups excluding carboxylic acids is 2. The third-order valence-electron chi connectivity index (χ3n) is 5.64. The van der Waals surface area contributed by atoms with Gasteiger partial charge in [0.2, 0.25) is 0 Å². The molecule has 0 unspecified atom stereocenters. The minimum atomic E-state index is -0.541. The van der Waals surface area contributed by atoms with Gasteiger partial charge in [-0.2, -0.15) is 0 Å². The maximum absolute atomic E-state index is 13.3. The molecular formula is C25H24Cl3N5O3S. The number of likely N-dealkylation sites (tertiary alicyclic amines) is 1. The van der Waals surface area contributed by atoms with Crippen LogP contribution in [0.5, 0.6) is 5.75 Å². The number of methoxy groups -OCH3 is 1. The molecule has 1 fully saturated rings. The number of aromatic nitrogens is 1. The second-order valence-corrected chi connectivity index (χ2v) is 10.3. The van der Waals surface area contributed by atoms with E-state index in [2.05, 4.69) is 25.5 Å². The topological polar surface area (TPSA) is 95.9 Å². The van der Waals surface area contributed by atoms with E-state index < -0.39 is 11.8 Å². The van der Waals surface area contributed by atoms with E-state index in [1.807, 2.05) is 12.3 Å². The first-order valence-corrected chi connectivity index (χ1v) is 13.5. The molecule has 12 heteroatoms. The van der Waals surface area contributed by atoms with Crippen LogP contribution in [0.2, 0.25) is 15.1 Å². The lowest BCUT2D eigenvalue weighted by atomic mass is 10.1. The number of pyridine rings is 1. The van der Waals surface area contributed by atoms with E-state index in [4.69, 9.17) is 39.5 Å². The molecule has 0 bridgehead atoms. The molecule has 1 aromatic carbocycles. The van der Waals surface area contributed by atoms with Gasteiger partial charge >= 0.3 is 0 Å². The zero-order valence-corrected chi connectivity index (χ0v) is 23.2. The van der Waals surface area contributed by atoms with Gasteiger partial charge in [0.05, 0.1) is 34.2 Å². The number of amides is 2. The Morgan fingerprint density at radius 3 is 2.68 bits per heavy atom. The van der Waals surface area contributed by atoms with Crippen LogP contribution in [0.1, 0.15) is 45.4 Å². The molecule has 1 aliphatic rings. The molecule has 4 rings (SSSR count). The lowest BCUT2D eigenvalue weighted by Gasteiger charge is -2.18. The Labute approximate surface area is 233 Å². The highest BCUT2D eigenvalue weighted by Crippen LogP contribution is 2.36. The molecule has 0 saturated carbocycles. The number of nitrogens with one attached hydrogen (secondary N) is 2. The fraction of sp³-hybridized carbons (Fsp3) is 0.280. The molecule has 8 nitrogen and oxygen atoms in total. The molecule has 2 aromatic heterocycles. The van der Waals surface area contributed by atoms with Gasteiger partial charge in [0.25, 0.3) is 11.8 Å². The quantitative estimate of drug-likeness (QED) is 0.312. The van der Waals surface area contributed by atoms with Crippen molar-refractivity contribution >= 4 is 75.3 Å². The first-order valence-electron chi connectivity index (χ1n) is 11.5. The van der Waals surface area contributed by atoms with Crippen molar-refractivity contribution in [3.8, 4) is 5.75 Å². The molecule has 0 radical (unpaired) electrons. The summed E-state index contributed by atoms with van der Waals surface area (Å²) < 4.78 is 5.42. The van der Waals surface area contributed by atoms with E-state index in [9.17, 15) is 9.59 Å². The number of carbonyl (C=O) groups is 2. The second kappa shape index (κ2) is 12.1. The maximum atomic E-state index is 13.3. The fourth-order valence-corrected chi connectivity index (χ4v) is 5.51. The number of rotatable bonds is 8. The monoisotopic (exact) mass is 579 g/mol.